The standard InChI is InChI=1S/C14H15ClF3NO2/c1-9-8-21-12(6-15)7-19(9)13(20)10-3-2-4-11(5-10)14(16,17)18/h2-5,9,12H,6-8H2,1H3. The average molecular weight is 322 g/mol. The van der Waals surface area contributed by atoms with Crippen molar-refractivity contribution in [2.24, 2.45) is 0 Å². The molecule has 116 valence electrons. The van der Waals surface area contributed by atoms with Crippen LogP contribution in [-0.4, -0.2) is 42.0 Å². The number of hydrogen-bond donors (Lipinski definition) is 0. The zero-order valence-electron chi connectivity index (χ0n) is 11.4. The number of ether oxygens (including phenoxy) is 1. The van der Waals surface area contributed by atoms with Gasteiger partial charge in [-0.2, -0.15) is 13.2 Å². The van der Waals surface area contributed by atoms with Gasteiger partial charge in [-0.05, 0) is 25.1 Å². The average Bonchev–Trinajstić information content (AvgIpc) is 2.46. The van der Waals surface area contributed by atoms with E-state index in [-0.39, 0.29) is 30.1 Å². The molecule has 1 aromatic carbocycles. The molecular weight excluding hydrogens is 307 g/mol. The first-order chi connectivity index (χ1) is 9.82. The van der Waals surface area contributed by atoms with Crippen LogP contribution in [0.2, 0.25) is 0 Å². The molecule has 1 aromatic rings. The molecule has 2 rings (SSSR count). The van der Waals surface area contributed by atoms with Crippen molar-refractivity contribution < 1.29 is 22.7 Å². The normalized spacial score (nSPS) is 23.2. The molecule has 2 unspecified atom stereocenters. The number of amides is 1. The van der Waals surface area contributed by atoms with Gasteiger partial charge >= 0.3 is 6.18 Å². The van der Waals surface area contributed by atoms with Crippen LogP contribution in [-0.2, 0) is 10.9 Å². The Morgan fingerprint density at radius 2 is 2.19 bits per heavy atom. The van der Waals surface area contributed by atoms with Gasteiger partial charge in [-0.15, -0.1) is 11.6 Å². The maximum Gasteiger partial charge on any atom is 0.416 e. The van der Waals surface area contributed by atoms with Crippen LogP contribution in [0.1, 0.15) is 22.8 Å². The SMILES string of the molecule is CC1COC(CCl)CN1C(=O)c1cccc(C(F)(F)F)c1. The van der Waals surface area contributed by atoms with Crippen molar-refractivity contribution in [3.05, 3.63) is 35.4 Å². The first-order valence-corrected chi connectivity index (χ1v) is 7.02. The van der Waals surface area contributed by atoms with E-state index < -0.39 is 17.6 Å². The van der Waals surface area contributed by atoms with E-state index in [4.69, 9.17) is 16.3 Å². The van der Waals surface area contributed by atoms with Crippen LogP contribution >= 0.6 is 11.6 Å². The number of benzene rings is 1. The summed E-state index contributed by atoms with van der Waals surface area (Å²) in [5, 5.41) is 0. The summed E-state index contributed by atoms with van der Waals surface area (Å²) < 4.78 is 43.5. The molecule has 0 aromatic heterocycles. The van der Waals surface area contributed by atoms with Crippen LogP contribution in [0.15, 0.2) is 24.3 Å². The van der Waals surface area contributed by atoms with E-state index in [1.807, 2.05) is 0 Å². The van der Waals surface area contributed by atoms with Crippen molar-refractivity contribution >= 4 is 17.5 Å². The molecule has 0 bridgehead atoms. The minimum absolute atomic E-state index is 0.0203. The number of rotatable bonds is 2. The molecule has 2 atom stereocenters. The Bertz CT molecular complexity index is 521. The fourth-order valence-electron chi connectivity index (χ4n) is 2.19. The number of alkyl halides is 4. The molecule has 0 spiro atoms. The molecule has 1 aliphatic heterocycles. The quantitative estimate of drug-likeness (QED) is 0.783. The second-order valence-corrected chi connectivity index (χ2v) is 5.30. The summed E-state index contributed by atoms with van der Waals surface area (Å²) in [6.45, 7) is 2.39. The van der Waals surface area contributed by atoms with Crippen LogP contribution in [0.3, 0.4) is 0 Å². The summed E-state index contributed by atoms with van der Waals surface area (Å²) in [4.78, 5) is 13.9. The van der Waals surface area contributed by atoms with Crippen LogP contribution in [0, 0.1) is 0 Å². The van der Waals surface area contributed by atoms with Crippen molar-refractivity contribution in [1.82, 2.24) is 4.90 Å². The Hall–Kier alpha value is -1.27. The van der Waals surface area contributed by atoms with E-state index in [1.165, 1.54) is 17.0 Å². The lowest BCUT2D eigenvalue weighted by Crippen LogP contribution is -2.51. The molecular formula is C14H15ClF3NO2. The Morgan fingerprint density at radius 1 is 1.48 bits per heavy atom. The smallest absolute Gasteiger partial charge is 0.373 e. The van der Waals surface area contributed by atoms with Gasteiger partial charge in [-0.3, -0.25) is 4.79 Å². The zero-order valence-corrected chi connectivity index (χ0v) is 12.1. The van der Waals surface area contributed by atoms with Crippen molar-refractivity contribution in [3.63, 3.8) is 0 Å². The van der Waals surface area contributed by atoms with Gasteiger partial charge in [0.2, 0.25) is 0 Å². The summed E-state index contributed by atoms with van der Waals surface area (Å²) in [7, 11) is 0. The Morgan fingerprint density at radius 3 is 2.81 bits per heavy atom. The van der Waals surface area contributed by atoms with Crippen LogP contribution in [0.4, 0.5) is 13.2 Å². The topological polar surface area (TPSA) is 29.5 Å². The second-order valence-electron chi connectivity index (χ2n) is 4.99. The summed E-state index contributed by atoms with van der Waals surface area (Å²) >= 11 is 5.72. The molecule has 1 amide bonds. The highest BCUT2D eigenvalue weighted by atomic mass is 35.5. The highest BCUT2D eigenvalue weighted by Gasteiger charge is 2.33. The molecule has 1 fully saturated rings. The van der Waals surface area contributed by atoms with Gasteiger partial charge in [0.15, 0.2) is 0 Å². The summed E-state index contributed by atoms with van der Waals surface area (Å²) in [5.41, 5.74) is -0.810. The van der Waals surface area contributed by atoms with Crippen LogP contribution in [0.5, 0.6) is 0 Å². The Kier molecular flexibility index (Phi) is 4.78. The minimum atomic E-state index is -4.47. The van der Waals surface area contributed by atoms with Gasteiger partial charge in [0.25, 0.3) is 5.91 Å². The van der Waals surface area contributed by atoms with Crippen LogP contribution in [0.25, 0.3) is 0 Å². The van der Waals surface area contributed by atoms with Gasteiger partial charge in [0.1, 0.15) is 0 Å². The molecule has 0 N–H and O–H groups in total. The maximum atomic E-state index is 12.7. The fourth-order valence-corrected chi connectivity index (χ4v) is 2.37. The Balaban J connectivity index is 2.23. The molecule has 3 nitrogen and oxygen atoms in total. The number of carbonyl (C=O) groups is 1. The number of morpholine rings is 1. The third kappa shape index (κ3) is 3.68. The minimum Gasteiger partial charge on any atom is -0.373 e. The Labute approximate surface area is 125 Å². The van der Waals surface area contributed by atoms with Crippen molar-refractivity contribution in [1.29, 1.82) is 0 Å². The number of nitrogens with zero attached hydrogens (tertiary/aromatic N) is 1. The predicted molar refractivity (Wildman–Crippen MR) is 72.4 cm³/mol. The highest BCUT2D eigenvalue weighted by molar-refractivity contribution is 6.18. The summed E-state index contributed by atoms with van der Waals surface area (Å²) in [6, 6.07) is 4.24. The van der Waals surface area contributed by atoms with E-state index in [0.717, 1.165) is 12.1 Å². The van der Waals surface area contributed by atoms with Gasteiger partial charge in [-0.25, -0.2) is 0 Å². The van der Waals surface area contributed by atoms with E-state index in [0.29, 0.717) is 6.61 Å². The molecule has 1 aliphatic rings. The molecule has 1 heterocycles. The second kappa shape index (κ2) is 6.23. The third-order valence-electron chi connectivity index (χ3n) is 3.38. The number of carbonyl (C=O) groups excluding carboxylic acids is 1. The monoisotopic (exact) mass is 321 g/mol. The lowest BCUT2D eigenvalue weighted by molar-refractivity contribution is -0.137. The molecule has 0 radical (unpaired) electrons. The highest BCUT2D eigenvalue weighted by Crippen LogP contribution is 2.30. The van der Waals surface area contributed by atoms with Gasteiger partial charge in [0.05, 0.1) is 30.2 Å². The fraction of sp³-hybridized carbons (Fsp3) is 0.500. The van der Waals surface area contributed by atoms with Gasteiger partial charge in [0, 0.05) is 12.1 Å². The lowest BCUT2D eigenvalue weighted by Gasteiger charge is -2.37. The van der Waals surface area contributed by atoms with Crippen LogP contribution < -0.4 is 0 Å². The lowest BCUT2D eigenvalue weighted by atomic mass is 10.1. The predicted octanol–water partition coefficient (Wildman–Crippen LogP) is 3.17. The first kappa shape index (κ1) is 16.1. The van der Waals surface area contributed by atoms with E-state index >= 15 is 0 Å². The van der Waals surface area contributed by atoms with E-state index in [1.54, 1.807) is 6.92 Å². The molecule has 1 saturated heterocycles. The zero-order chi connectivity index (χ0) is 15.6. The largest absolute Gasteiger partial charge is 0.416 e. The first-order valence-electron chi connectivity index (χ1n) is 6.48. The molecule has 0 saturated carbocycles. The number of halogens is 4. The maximum absolute atomic E-state index is 12.7. The summed E-state index contributed by atoms with van der Waals surface area (Å²) in [6.07, 6.45) is -4.76. The van der Waals surface area contributed by atoms with E-state index in [2.05, 4.69) is 0 Å². The van der Waals surface area contributed by atoms with Gasteiger partial charge < -0.3 is 9.64 Å². The van der Waals surface area contributed by atoms with Crippen molar-refractivity contribution in [3.8, 4) is 0 Å². The molecule has 0 aliphatic carbocycles. The van der Waals surface area contributed by atoms with Crippen molar-refractivity contribution in [2.75, 3.05) is 19.0 Å². The van der Waals surface area contributed by atoms with Crippen molar-refractivity contribution in [2.45, 2.75) is 25.2 Å². The number of hydrogen-bond acceptors (Lipinski definition) is 2. The third-order valence-corrected chi connectivity index (χ3v) is 3.72. The van der Waals surface area contributed by atoms with E-state index in [9.17, 15) is 18.0 Å². The summed E-state index contributed by atoms with van der Waals surface area (Å²) in [5.74, 6) is -0.203. The molecule has 7 heteroatoms. The van der Waals surface area contributed by atoms with Gasteiger partial charge in [-0.1, -0.05) is 6.07 Å². The molecule has 21 heavy (non-hydrogen) atoms.